The van der Waals surface area contributed by atoms with Gasteiger partial charge in [0.05, 0.1) is 22.2 Å². The molecule has 2 aromatic heterocycles. The van der Waals surface area contributed by atoms with E-state index in [0.717, 1.165) is 23.5 Å². The maximum absolute atomic E-state index is 13.2. The van der Waals surface area contributed by atoms with Crippen molar-refractivity contribution in [3.63, 3.8) is 0 Å². The molecule has 0 unspecified atom stereocenters. The molecule has 2 atom stereocenters. The summed E-state index contributed by atoms with van der Waals surface area (Å²) in [6, 6.07) is 14.4. The quantitative estimate of drug-likeness (QED) is 0.590. The fraction of sp³-hybridized carbons (Fsp3) is 0.348. The molecule has 4 rings (SSSR count). The van der Waals surface area contributed by atoms with Crippen molar-refractivity contribution in [1.82, 2.24) is 13.9 Å². The molecule has 0 spiro atoms. The van der Waals surface area contributed by atoms with Gasteiger partial charge < -0.3 is 5.32 Å². The van der Waals surface area contributed by atoms with Crippen LogP contribution in [0.2, 0.25) is 0 Å². The molecule has 1 fully saturated rings. The Labute approximate surface area is 187 Å². The zero-order chi connectivity index (χ0) is 22.7. The summed E-state index contributed by atoms with van der Waals surface area (Å²) in [5, 5.41) is 22.7. The lowest BCUT2D eigenvalue weighted by Crippen LogP contribution is -2.29. The summed E-state index contributed by atoms with van der Waals surface area (Å²) in [7, 11) is -3.82. The van der Waals surface area contributed by atoms with E-state index in [1.54, 1.807) is 36.4 Å². The Morgan fingerprint density at radius 2 is 1.97 bits per heavy atom. The number of aromatic nitrogens is 2. The molecule has 1 saturated heterocycles. The number of hydrogen-bond acceptors (Lipinski definition) is 7. The van der Waals surface area contributed by atoms with Crippen LogP contribution in [0.15, 0.2) is 53.7 Å². The van der Waals surface area contributed by atoms with E-state index in [9.17, 15) is 13.7 Å². The minimum absolute atomic E-state index is 0.0884. The molecule has 0 aliphatic carbocycles. The maximum Gasteiger partial charge on any atom is 0.269 e. The maximum atomic E-state index is 13.2. The van der Waals surface area contributed by atoms with E-state index in [2.05, 4.69) is 34.3 Å². The fourth-order valence-electron chi connectivity index (χ4n) is 4.32. The third-order valence-corrected chi connectivity index (χ3v) is 7.69. The number of anilines is 1. The summed E-state index contributed by atoms with van der Waals surface area (Å²) in [5.41, 5.74) is 1.26. The van der Waals surface area contributed by atoms with Crippen LogP contribution in [0, 0.1) is 28.6 Å². The smallest absolute Gasteiger partial charge is 0.269 e. The minimum Gasteiger partial charge on any atom is -0.379 e. The summed E-state index contributed by atoms with van der Waals surface area (Å²) < 4.78 is 27.5. The number of benzene rings is 1. The molecule has 0 radical (unpaired) electrons. The first-order valence-corrected chi connectivity index (χ1v) is 12.0. The molecule has 0 saturated carbocycles. The Morgan fingerprint density at radius 3 is 2.66 bits per heavy atom. The monoisotopic (exact) mass is 448 g/mol. The van der Waals surface area contributed by atoms with E-state index in [1.807, 2.05) is 0 Å². The largest absolute Gasteiger partial charge is 0.379 e. The second-order valence-corrected chi connectivity index (χ2v) is 9.73. The van der Waals surface area contributed by atoms with Crippen LogP contribution in [0.5, 0.6) is 0 Å². The lowest BCUT2D eigenvalue weighted by molar-refractivity contribution is 0.330. The number of fused-ring (bicyclic) bond motifs is 1. The zero-order valence-electron chi connectivity index (χ0n) is 17.8. The van der Waals surface area contributed by atoms with Gasteiger partial charge in [0, 0.05) is 49.9 Å². The van der Waals surface area contributed by atoms with Crippen molar-refractivity contribution in [2.45, 2.75) is 30.7 Å². The van der Waals surface area contributed by atoms with Gasteiger partial charge in [0.2, 0.25) is 0 Å². The molecule has 164 valence electrons. The normalized spacial score (nSPS) is 19.0. The highest BCUT2D eigenvalue weighted by Gasteiger charge is 2.32. The van der Waals surface area contributed by atoms with Gasteiger partial charge in [-0.1, -0.05) is 31.5 Å². The van der Waals surface area contributed by atoms with Gasteiger partial charge in [0.15, 0.2) is 5.65 Å². The molecular weight excluding hydrogens is 424 g/mol. The second-order valence-electron chi connectivity index (χ2n) is 7.91. The topological polar surface area (TPSA) is 115 Å². The molecule has 1 aliphatic rings. The third kappa shape index (κ3) is 3.93. The van der Waals surface area contributed by atoms with Gasteiger partial charge in [-0.15, -0.1) is 0 Å². The summed E-state index contributed by atoms with van der Waals surface area (Å²) in [5.74, 6) is 0.360. The van der Waals surface area contributed by atoms with E-state index in [4.69, 9.17) is 5.26 Å². The highest BCUT2D eigenvalue weighted by atomic mass is 32.2. The van der Waals surface area contributed by atoms with Crippen LogP contribution in [-0.4, -0.2) is 48.0 Å². The van der Waals surface area contributed by atoms with E-state index in [1.165, 1.54) is 12.4 Å². The molecule has 1 aliphatic heterocycles. The molecule has 32 heavy (non-hydrogen) atoms. The van der Waals surface area contributed by atoms with Crippen LogP contribution in [-0.2, 0) is 10.0 Å². The predicted molar refractivity (Wildman–Crippen MR) is 121 cm³/mol. The van der Waals surface area contributed by atoms with Crippen molar-refractivity contribution in [3.05, 3.63) is 54.4 Å². The van der Waals surface area contributed by atoms with Crippen LogP contribution < -0.4 is 5.32 Å². The van der Waals surface area contributed by atoms with E-state index in [0.29, 0.717) is 35.5 Å². The van der Waals surface area contributed by atoms with Crippen LogP contribution in [0.25, 0.3) is 11.0 Å². The van der Waals surface area contributed by atoms with Gasteiger partial charge in [0.1, 0.15) is 6.07 Å². The Bertz CT molecular complexity index is 1300. The number of likely N-dealkylation sites (tertiary alicyclic amines) is 1. The standard InChI is InChI=1S/C23H24N6O2S/c1-2-17-15-28(11-6-10-24)16-21(17)27-22-18(13-25)14-26-23-20(22)9-12-29(23)32(30,31)19-7-4-3-5-8-19/h3-5,7-9,12,14,17,21H,2,6,11,15-16H2,1H3,(H,26,27)/t17-,21+/m1/s1. The van der Waals surface area contributed by atoms with E-state index >= 15 is 0 Å². The Balaban J connectivity index is 1.73. The van der Waals surface area contributed by atoms with E-state index < -0.39 is 10.0 Å². The number of nitriles is 2. The summed E-state index contributed by atoms with van der Waals surface area (Å²) >= 11 is 0. The summed E-state index contributed by atoms with van der Waals surface area (Å²) in [6.45, 7) is 4.49. The molecule has 8 nitrogen and oxygen atoms in total. The van der Waals surface area contributed by atoms with Crippen molar-refractivity contribution in [2.24, 2.45) is 5.92 Å². The van der Waals surface area contributed by atoms with Crippen LogP contribution >= 0.6 is 0 Å². The molecule has 1 aromatic carbocycles. The first-order chi connectivity index (χ1) is 15.5. The molecule has 0 amide bonds. The highest BCUT2D eigenvalue weighted by molar-refractivity contribution is 7.90. The van der Waals surface area contributed by atoms with Gasteiger partial charge in [-0.05, 0) is 24.1 Å². The van der Waals surface area contributed by atoms with Crippen molar-refractivity contribution in [1.29, 1.82) is 10.5 Å². The van der Waals surface area contributed by atoms with Crippen molar-refractivity contribution in [3.8, 4) is 12.1 Å². The molecule has 3 aromatic rings. The van der Waals surface area contributed by atoms with Crippen LogP contribution in [0.3, 0.4) is 0 Å². The number of hydrogen-bond donors (Lipinski definition) is 1. The Kier molecular flexibility index (Phi) is 6.13. The first kappa shape index (κ1) is 21.8. The van der Waals surface area contributed by atoms with Gasteiger partial charge in [-0.3, -0.25) is 4.90 Å². The van der Waals surface area contributed by atoms with E-state index in [-0.39, 0.29) is 16.6 Å². The van der Waals surface area contributed by atoms with Gasteiger partial charge in [-0.25, -0.2) is 17.4 Å². The van der Waals surface area contributed by atoms with Crippen molar-refractivity contribution in [2.75, 3.05) is 25.0 Å². The number of pyridine rings is 1. The molecule has 1 N–H and O–H groups in total. The number of nitrogens with one attached hydrogen (secondary N) is 1. The molecule has 3 heterocycles. The number of rotatable bonds is 7. The van der Waals surface area contributed by atoms with Crippen molar-refractivity contribution >= 4 is 26.7 Å². The lowest BCUT2D eigenvalue weighted by Gasteiger charge is -2.21. The molecule has 9 heteroatoms. The minimum atomic E-state index is -3.82. The zero-order valence-corrected chi connectivity index (χ0v) is 18.6. The fourth-order valence-corrected chi connectivity index (χ4v) is 5.64. The second kappa shape index (κ2) is 8.99. The molecular formula is C23H24N6O2S. The van der Waals surface area contributed by atoms with Crippen LogP contribution in [0.4, 0.5) is 5.69 Å². The van der Waals surface area contributed by atoms with Gasteiger partial charge >= 0.3 is 0 Å². The summed E-state index contributed by atoms with van der Waals surface area (Å²) in [6.07, 6.45) is 4.34. The SMILES string of the molecule is CC[C@@H]1CN(CCC#N)C[C@@H]1Nc1c(C#N)cnc2c1ccn2S(=O)(=O)c1ccccc1. The average Bonchev–Trinajstić information content (AvgIpc) is 3.43. The van der Waals surface area contributed by atoms with Gasteiger partial charge in [-0.2, -0.15) is 10.5 Å². The first-order valence-electron chi connectivity index (χ1n) is 10.6. The van der Waals surface area contributed by atoms with Crippen molar-refractivity contribution < 1.29 is 8.42 Å². The lowest BCUT2D eigenvalue weighted by atomic mass is 10.00. The molecule has 0 bridgehead atoms. The van der Waals surface area contributed by atoms with Gasteiger partial charge in [0.25, 0.3) is 10.0 Å². The third-order valence-electron chi connectivity index (χ3n) is 6.01. The average molecular weight is 449 g/mol. The predicted octanol–water partition coefficient (Wildman–Crippen LogP) is 3.18. The number of nitrogens with zero attached hydrogens (tertiary/aromatic N) is 5. The Morgan fingerprint density at radius 1 is 1.19 bits per heavy atom. The Hall–Kier alpha value is -3.40. The van der Waals surface area contributed by atoms with Crippen LogP contribution in [0.1, 0.15) is 25.3 Å². The summed E-state index contributed by atoms with van der Waals surface area (Å²) in [4.78, 5) is 6.74. The highest BCUT2D eigenvalue weighted by Crippen LogP contribution is 2.32.